The molecule has 21 heavy (non-hydrogen) atoms. The highest BCUT2D eigenvalue weighted by Crippen LogP contribution is 2.21. The average molecular weight is 285 g/mol. The predicted molar refractivity (Wildman–Crippen MR) is 73.7 cm³/mol. The fourth-order valence-corrected chi connectivity index (χ4v) is 1.71. The summed E-state index contributed by atoms with van der Waals surface area (Å²) in [7, 11) is 1.71. The molecular weight excluding hydrogens is 274 g/mol. The van der Waals surface area contributed by atoms with E-state index in [1.165, 1.54) is 12.1 Å². The summed E-state index contributed by atoms with van der Waals surface area (Å²) in [5.74, 6) is -0.482. The number of nitro groups is 1. The Hall–Kier alpha value is -3.21. The first-order chi connectivity index (χ1) is 9.92. The molecule has 0 saturated carbocycles. The summed E-state index contributed by atoms with van der Waals surface area (Å²) in [6.07, 6.45) is 0. The van der Waals surface area contributed by atoms with E-state index < -0.39 is 10.8 Å². The Morgan fingerprint density at radius 2 is 2.19 bits per heavy atom. The molecule has 2 aromatic rings. The van der Waals surface area contributed by atoms with Gasteiger partial charge in [-0.05, 0) is 19.1 Å². The van der Waals surface area contributed by atoms with E-state index in [0.29, 0.717) is 0 Å². The van der Waals surface area contributed by atoms with Gasteiger partial charge in [-0.15, -0.1) is 0 Å². The normalized spacial score (nSPS) is 9.95. The Balaban J connectivity index is 2.29. The Bertz CT molecular complexity index is 753. The Morgan fingerprint density at radius 3 is 2.71 bits per heavy atom. The van der Waals surface area contributed by atoms with Gasteiger partial charge in [0, 0.05) is 24.9 Å². The maximum absolute atomic E-state index is 12.0. The zero-order valence-electron chi connectivity index (χ0n) is 11.3. The van der Waals surface area contributed by atoms with Gasteiger partial charge in [0.2, 0.25) is 0 Å². The molecule has 0 atom stereocenters. The summed E-state index contributed by atoms with van der Waals surface area (Å²) in [6.45, 7) is 1.80. The van der Waals surface area contributed by atoms with Gasteiger partial charge in [0.05, 0.1) is 16.2 Å². The Morgan fingerprint density at radius 1 is 1.48 bits per heavy atom. The minimum Gasteiger partial charge on any atom is -0.319 e. The molecule has 8 nitrogen and oxygen atoms in total. The molecule has 1 aromatic heterocycles. The minimum atomic E-state index is -0.603. The topological polar surface area (TPSA) is 114 Å². The molecule has 8 heteroatoms. The molecule has 1 heterocycles. The molecule has 0 saturated heterocycles. The minimum absolute atomic E-state index is 0.0187. The lowest BCUT2D eigenvalue weighted by Crippen LogP contribution is -2.14. The van der Waals surface area contributed by atoms with Gasteiger partial charge in [-0.3, -0.25) is 19.6 Å². The van der Waals surface area contributed by atoms with Gasteiger partial charge in [0.1, 0.15) is 6.07 Å². The van der Waals surface area contributed by atoms with Crippen molar-refractivity contribution >= 4 is 17.3 Å². The first kappa shape index (κ1) is 14.2. The quantitative estimate of drug-likeness (QED) is 0.681. The molecule has 0 unspecified atom stereocenters. The van der Waals surface area contributed by atoms with Crippen LogP contribution in [0.15, 0.2) is 24.3 Å². The third-order valence-corrected chi connectivity index (χ3v) is 2.93. The van der Waals surface area contributed by atoms with Crippen LogP contribution >= 0.6 is 0 Å². The molecule has 1 amide bonds. The van der Waals surface area contributed by atoms with E-state index in [2.05, 4.69) is 10.4 Å². The van der Waals surface area contributed by atoms with Gasteiger partial charge >= 0.3 is 0 Å². The van der Waals surface area contributed by atoms with Gasteiger partial charge in [0.25, 0.3) is 11.6 Å². The number of anilines is 1. The number of carbonyl (C=O) groups excluding carboxylic acids is 1. The zero-order chi connectivity index (χ0) is 15.6. The SMILES string of the molecule is Cc1cc(C(=O)Nc2ccc([N+](=O)[O-])cc2C#N)nn1C. The van der Waals surface area contributed by atoms with Crippen molar-refractivity contribution < 1.29 is 9.72 Å². The highest BCUT2D eigenvalue weighted by Gasteiger charge is 2.15. The number of aromatic nitrogens is 2. The molecule has 0 bridgehead atoms. The van der Waals surface area contributed by atoms with E-state index in [-0.39, 0.29) is 22.6 Å². The molecule has 0 aliphatic rings. The van der Waals surface area contributed by atoms with Crippen LogP contribution in [-0.2, 0) is 7.05 Å². The van der Waals surface area contributed by atoms with Gasteiger partial charge in [-0.2, -0.15) is 10.4 Å². The number of benzene rings is 1. The van der Waals surface area contributed by atoms with Gasteiger partial charge in [-0.25, -0.2) is 0 Å². The molecule has 2 rings (SSSR count). The lowest BCUT2D eigenvalue weighted by molar-refractivity contribution is -0.384. The maximum Gasteiger partial charge on any atom is 0.276 e. The van der Waals surface area contributed by atoms with Crippen molar-refractivity contribution in [2.45, 2.75) is 6.92 Å². The molecule has 0 spiro atoms. The predicted octanol–water partition coefficient (Wildman–Crippen LogP) is 1.76. The third kappa shape index (κ3) is 2.87. The van der Waals surface area contributed by atoms with E-state index in [0.717, 1.165) is 11.8 Å². The second kappa shape index (κ2) is 5.42. The number of nitrogens with zero attached hydrogens (tertiary/aromatic N) is 4. The molecule has 0 aliphatic carbocycles. The molecule has 106 valence electrons. The molecule has 1 N–H and O–H groups in total. The molecule has 0 aliphatic heterocycles. The van der Waals surface area contributed by atoms with Crippen LogP contribution in [0.5, 0.6) is 0 Å². The van der Waals surface area contributed by atoms with E-state index in [1.54, 1.807) is 24.7 Å². The number of carbonyl (C=O) groups is 1. The van der Waals surface area contributed by atoms with Crippen LogP contribution in [0, 0.1) is 28.4 Å². The molecule has 0 fully saturated rings. The average Bonchev–Trinajstić information content (AvgIpc) is 2.79. The summed E-state index contributed by atoms with van der Waals surface area (Å²) < 4.78 is 1.55. The number of nitro benzene ring substituents is 1. The standard InChI is InChI=1S/C13H11N5O3/c1-8-5-12(16-17(8)2)13(19)15-11-4-3-10(18(20)21)6-9(11)7-14/h3-6H,1-2H3,(H,15,19). The summed E-state index contributed by atoms with van der Waals surface area (Å²) in [5, 5.41) is 26.2. The monoisotopic (exact) mass is 285 g/mol. The smallest absolute Gasteiger partial charge is 0.276 e. The largest absolute Gasteiger partial charge is 0.319 e. The zero-order valence-corrected chi connectivity index (χ0v) is 11.3. The highest BCUT2D eigenvalue weighted by molar-refractivity contribution is 6.03. The molecular formula is C13H11N5O3. The number of hydrogen-bond donors (Lipinski definition) is 1. The van der Waals surface area contributed by atoms with E-state index in [9.17, 15) is 14.9 Å². The summed E-state index contributed by atoms with van der Waals surface area (Å²) in [6, 6.07) is 7.08. The fraction of sp³-hybridized carbons (Fsp3) is 0.154. The lowest BCUT2D eigenvalue weighted by atomic mass is 10.1. The van der Waals surface area contributed by atoms with Crippen molar-refractivity contribution in [1.82, 2.24) is 9.78 Å². The first-order valence-corrected chi connectivity index (χ1v) is 5.93. The number of nitrogens with one attached hydrogen (secondary N) is 1. The fourth-order valence-electron chi connectivity index (χ4n) is 1.71. The number of aryl methyl sites for hydroxylation is 2. The first-order valence-electron chi connectivity index (χ1n) is 5.93. The summed E-state index contributed by atoms with van der Waals surface area (Å²) in [5.41, 5.74) is 1.03. The van der Waals surface area contributed by atoms with Crippen molar-refractivity contribution in [2.75, 3.05) is 5.32 Å². The van der Waals surface area contributed by atoms with Crippen LogP contribution in [0.4, 0.5) is 11.4 Å². The second-order valence-corrected chi connectivity index (χ2v) is 4.35. The van der Waals surface area contributed by atoms with Crippen molar-refractivity contribution in [3.05, 3.63) is 51.3 Å². The van der Waals surface area contributed by atoms with Crippen LogP contribution in [0.25, 0.3) is 0 Å². The Kier molecular flexibility index (Phi) is 3.67. The number of non-ortho nitro benzene ring substituents is 1. The number of amides is 1. The van der Waals surface area contributed by atoms with Gasteiger partial charge in [-0.1, -0.05) is 0 Å². The van der Waals surface area contributed by atoms with E-state index >= 15 is 0 Å². The summed E-state index contributed by atoms with van der Waals surface area (Å²) >= 11 is 0. The number of rotatable bonds is 3. The van der Waals surface area contributed by atoms with Gasteiger partial charge in [0.15, 0.2) is 5.69 Å². The van der Waals surface area contributed by atoms with Gasteiger partial charge < -0.3 is 5.32 Å². The molecule has 1 aromatic carbocycles. The van der Waals surface area contributed by atoms with Crippen molar-refractivity contribution in [2.24, 2.45) is 7.05 Å². The van der Waals surface area contributed by atoms with E-state index in [1.807, 2.05) is 6.07 Å². The summed E-state index contributed by atoms with van der Waals surface area (Å²) in [4.78, 5) is 22.1. The lowest BCUT2D eigenvalue weighted by Gasteiger charge is -2.05. The van der Waals surface area contributed by atoms with Crippen LogP contribution in [0.2, 0.25) is 0 Å². The molecule has 0 radical (unpaired) electrons. The van der Waals surface area contributed by atoms with E-state index in [4.69, 9.17) is 5.26 Å². The van der Waals surface area contributed by atoms with Crippen molar-refractivity contribution in [3.63, 3.8) is 0 Å². The third-order valence-electron chi connectivity index (χ3n) is 2.93. The van der Waals surface area contributed by atoms with Crippen LogP contribution in [-0.4, -0.2) is 20.6 Å². The number of nitriles is 1. The van der Waals surface area contributed by atoms with Crippen molar-refractivity contribution in [3.8, 4) is 6.07 Å². The second-order valence-electron chi connectivity index (χ2n) is 4.35. The van der Waals surface area contributed by atoms with Crippen LogP contribution in [0.3, 0.4) is 0 Å². The van der Waals surface area contributed by atoms with Crippen molar-refractivity contribution in [1.29, 1.82) is 5.26 Å². The van der Waals surface area contributed by atoms with Crippen LogP contribution < -0.4 is 5.32 Å². The Labute approximate surface area is 119 Å². The highest BCUT2D eigenvalue weighted by atomic mass is 16.6. The number of hydrogen-bond acceptors (Lipinski definition) is 5. The maximum atomic E-state index is 12.0. The van der Waals surface area contributed by atoms with Crippen LogP contribution in [0.1, 0.15) is 21.7 Å².